The Balaban J connectivity index is 1.98. The van der Waals surface area contributed by atoms with Gasteiger partial charge >= 0.3 is 0 Å². The van der Waals surface area contributed by atoms with Crippen LogP contribution in [0.4, 0.5) is 5.69 Å². The number of aryl methyl sites for hydroxylation is 2. The summed E-state index contributed by atoms with van der Waals surface area (Å²) in [4.78, 5) is 20.0. The van der Waals surface area contributed by atoms with Crippen LogP contribution in [-0.4, -0.2) is 17.4 Å². The van der Waals surface area contributed by atoms with Gasteiger partial charge in [-0.05, 0) is 43.8 Å². The first-order valence-electron chi connectivity index (χ1n) is 7.50. The fourth-order valence-corrected chi connectivity index (χ4v) is 3.17. The summed E-state index contributed by atoms with van der Waals surface area (Å²) in [5.74, 6) is 0.915. The molecule has 0 aliphatic heterocycles. The molecule has 0 saturated heterocycles. The van der Waals surface area contributed by atoms with Crippen LogP contribution in [-0.2, 0) is 0 Å². The molecule has 0 radical (unpaired) electrons. The van der Waals surface area contributed by atoms with E-state index in [0.717, 1.165) is 16.1 Å². The van der Waals surface area contributed by atoms with E-state index >= 15 is 0 Å². The number of oxazole rings is 1. The average molecular weight is 326 g/mol. The Bertz CT molecular complexity index is 821. The third-order valence-corrected chi connectivity index (χ3v) is 4.56. The standard InChI is InChI=1S/C18H18N2O2S/c1-4-20(14-9-6-5-8-12(14)2)18(21)16-13(3)22-17(19-16)15-10-7-11-23-15/h5-11H,4H2,1-3H3. The van der Waals surface area contributed by atoms with E-state index in [0.29, 0.717) is 23.9 Å². The second-order valence-electron chi connectivity index (χ2n) is 5.24. The van der Waals surface area contributed by atoms with E-state index in [4.69, 9.17) is 4.42 Å². The zero-order chi connectivity index (χ0) is 16.4. The minimum atomic E-state index is -0.133. The molecular weight excluding hydrogens is 308 g/mol. The van der Waals surface area contributed by atoms with Gasteiger partial charge < -0.3 is 9.32 Å². The number of amides is 1. The van der Waals surface area contributed by atoms with E-state index in [1.807, 2.05) is 55.6 Å². The van der Waals surface area contributed by atoms with Crippen LogP contribution >= 0.6 is 11.3 Å². The molecule has 5 heteroatoms. The molecule has 0 fully saturated rings. The Kier molecular flexibility index (Phi) is 4.30. The van der Waals surface area contributed by atoms with Crippen molar-refractivity contribution in [1.29, 1.82) is 0 Å². The summed E-state index contributed by atoms with van der Waals surface area (Å²) < 4.78 is 5.69. The van der Waals surface area contributed by atoms with Gasteiger partial charge in [-0.15, -0.1) is 11.3 Å². The Morgan fingerprint density at radius 1 is 1.22 bits per heavy atom. The van der Waals surface area contributed by atoms with Gasteiger partial charge in [0.1, 0.15) is 5.76 Å². The highest BCUT2D eigenvalue weighted by Crippen LogP contribution is 2.28. The van der Waals surface area contributed by atoms with Crippen molar-refractivity contribution in [3.63, 3.8) is 0 Å². The summed E-state index contributed by atoms with van der Waals surface area (Å²) in [6.45, 7) is 6.31. The van der Waals surface area contributed by atoms with E-state index in [1.165, 1.54) is 0 Å². The number of benzene rings is 1. The minimum absolute atomic E-state index is 0.133. The van der Waals surface area contributed by atoms with E-state index < -0.39 is 0 Å². The van der Waals surface area contributed by atoms with Crippen LogP contribution in [0.15, 0.2) is 46.2 Å². The van der Waals surface area contributed by atoms with Crippen molar-refractivity contribution < 1.29 is 9.21 Å². The molecule has 0 aliphatic carbocycles. The maximum Gasteiger partial charge on any atom is 0.280 e. The largest absolute Gasteiger partial charge is 0.440 e. The molecular formula is C18H18N2O2S. The number of aromatic nitrogens is 1. The molecule has 0 saturated carbocycles. The molecule has 0 spiro atoms. The summed E-state index contributed by atoms with van der Waals surface area (Å²) in [5.41, 5.74) is 2.33. The van der Waals surface area contributed by atoms with Gasteiger partial charge in [-0.1, -0.05) is 24.3 Å². The molecule has 0 N–H and O–H groups in total. The number of para-hydroxylation sites is 1. The van der Waals surface area contributed by atoms with Crippen LogP contribution in [0.5, 0.6) is 0 Å². The summed E-state index contributed by atoms with van der Waals surface area (Å²) in [6.07, 6.45) is 0. The fraction of sp³-hybridized carbons (Fsp3) is 0.222. The highest BCUT2D eigenvalue weighted by Gasteiger charge is 2.24. The van der Waals surface area contributed by atoms with Crippen molar-refractivity contribution in [2.75, 3.05) is 11.4 Å². The Morgan fingerprint density at radius 2 is 2.00 bits per heavy atom. The number of hydrogen-bond donors (Lipinski definition) is 0. The lowest BCUT2D eigenvalue weighted by Gasteiger charge is -2.22. The fourth-order valence-electron chi connectivity index (χ4n) is 2.52. The summed E-state index contributed by atoms with van der Waals surface area (Å²) in [6, 6.07) is 11.7. The van der Waals surface area contributed by atoms with Gasteiger partial charge in [-0.3, -0.25) is 4.79 Å². The van der Waals surface area contributed by atoms with Gasteiger partial charge in [0.25, 0.3) is 5.91 Å². The van der Waals surface area contributed by atoms with Gasteiger partial charge in [0.15, 0.2) is 5.69 Å². The molecule has 3 rings (SSSR count). The minimum Gasteiger partial charge on any atom is -0.440 e. The second-order valence-corrected chi connectivity index (χ2v) is 6.18. The molecule has 3 aromatic rings. The molecule has 118 valence electrons. The van der Waals surface area contributed by atoms with E-state index in [1.54, 1.807) is 23.2 Å². The van der Waals surface area contributed by atoms with Crippen molar-refractivity contribution in [1.82, 2.24) is 4.98 Å². The third kappa shape index (κ3) is 2.92. The first kappa shape index (κ1) is 15.5. The molecule has 1 aromatic carbocycles. The van der Waals surface area contributed by atoms with Gasteiger partial charge in [0.05, 0.1) is 4.88 Å². The second kappa shape index (κ2) is 6.38. The monoisotopic (exact) mass is 326 g/mol. The maximum atomic E-state index is 12.9. The molecule has 0 atom stereocenters. The Labute approximate surface area is 139 Å². The highest BCUT2D eigenvalue weighted by molar-refractivity contribution is 7.13. The third-order valence-electron chi connectivity index (χ3n) is 3.70. The molecule has 4 nitrogen and oxygen atoms in total. The molecule has 23 heavy (non-hydrogen) atoms. The van der Waals surface area contributed by atoms with Gasteiger partial charge in [-0.25, -0.2) is 4.98 Å². The van der Waals surface area contributed by atoms with E-state index in [9.17, 15) is 4.79 Å². The Morgan fingerprint density at radius 3 is 2.65 bits per heavy atom. The first-order valence-corrected chi connectivity index (χ1v) is 8.38. The van der Waals surface area contributed by atoms with Crippen molar-refractivity contribution in [3.05, 3.63) is 58.8 Å². The molecule has 0 aliphatic rings. The normalized spacial score (nSPS) is 10.7. The number of rotatable bonds is 4. The van der Waals surface area contributed by atoms with Crippen LogP contribution in [0.1, 0.15) is 28.7 Å². The topological polar surface area (TPSA) is 46.3 Å². The molecule has 2 heterocycles. The van der Waals surface area contributed by atoms with Crippen molar-refractivity contribution in [2.24, 2.45) is 0 Å². The van der Waals surface area contributed by atoms with E-state index in [2.05, 4.69) is 4.98 Å². The Hall–Kier alpha value is -2.40. The lowest BCUT2D eigenvalue weighted by Crippen LogP contribution is -2.32. The SMILES string of the molecule is CCN(C(=O)c1nc(-c2cccs2)oc1C)c1ccccc1C. The quantitative estimate of drug-likeness (QED) is 0.699. The van der Waals surface area contributed by atoms with Crippen molar-refractivity contribution in [3.8, 4) is 10.8 Å². The number of nitrogens with zero attached hydrogens (tertiary/aromatic N) is 2. The predicted molar refractivity (Wildman–Crippen MR) is 93.1 cm³/mol. The zero-order valence-corrected chi connectivity index (χ0v) is 14.2. The van der Waals surface area contributed by atoms with Crippen LogP contribution in [0, 0.1) is 13.8 Å². The maximum absolute atomic E-state index is 12.9. The molecule has 0 unspecified atom stereocenters. The summed E-state index contributed by atoms with van der Waals surface area (Å²) in [7, 11) is 0. The zero-order valence-electron chi connectivity index (χ0n) is 13.4. The van der Waals surface area contributed by atoms with Crippen LogP contribution in [0.3, 0.4) is 0 Å². The summed E-state index contributed by atoms with van der Waals surface area (Å²) >= 11 is 1.54. The molecule has 2 aromatic heterocycles. The first-order chi connectivity index (χ1) is 11.1. The number of hydrogen-bond acceptors (Lipinski definition) is 4. The van der Waals surface area contributed by atoms with Gasteiger partial charge in [-0.2, -0.15) is 0 Å². The lowest BCUT2D eigenvalue weighted by atomic mass is 10.1. The number of thiophene rings is 1. The predicted octanol–water partition coefficient (Wildman–Crippen LogP) is 4.69. The van der Waals surface area contributed by atoms with Gasteiger partial charge in [0.2, 0.25) is 5.89 Å². The number of carbonyl (C=O) groups is 1. The molecule has 0 bridgehead atoms. The summed E-state index contributed by atoms with van der Waals surface area (Å²) in [5, 5.41) is 1.96. The number of carbonyl (C=O) groups excluding carboxylic acids is 1. The van der Waals surface area contributed by atoms with Crippen LogP contribution in [0.2, 0.25) is 0 Å². The highest BCUT2D eigenvalue weighted by atomic mass is 32.1. The van der Waals surface area contributed by atoms with Crippen molar-refractivity contribution in [2.45, 2.75) is 20.8 Å². The smallest absolute Gasteiger partial charge is 0.280 e. The molecule has 1 amide bonds. The average Bonchev–Trinajstić information content (AvgIpc) is 3.19. The lowest BCUT2D eigenvalue weighted by molar-refractivity contribution is 0.0982. The number of anilines is 1. The van der Waals surface area contributed by atoms with Gasteiger partial charge in [0, 0.05) is 12.2 Å². The van der Waals surface area contributed by atoms with E-state index in [-0.39, 0.29) is 5.91 Å². The van der Waals surface area contributed by atoms with Crippen molar-refractivity contribution >= 4 is 22.9 Å². The van der Waals surface area contributed by atoms with Crippen LogP contribution < -0.4 is 4.90 Å². The van der Waals surface area contributed by atoms with Crippen LogP contribution in [0.25, 0.3) is 10.8 Å².